The highest BCUT2D eigenvalue weighted by Gasteiger charge is 2.68. The molecule has 1 saturated heterocycles. The third-order valence-corrected chi connectivity index (χ3v) is 6.90. The maximum Gasteiger partial charge on any atom is 0.329 e. The Balaban J connectivity index is 2.17. The van der Waals surface area contributed by atoms with Crippen LogP contribution in [0.5, 0.6) is 0 Å². The van der Waals surface area contributed by atoms with Crippen LogP contribution in [0.3, 0.4) is 0 Å². The molecule has 3 atom stereocenters. The van der Waals surface area contributed by atoms with Gasteiger partial charge in [0.1, 0.15) is 23.4 Å². The van der Waals surface area contributed by atoms with Crippen LogP contribution in [-0.4, -0.2) is 43.8 Å². The lowest BCUT2D eigenvalue weighted by atomic mass is 9.70. The predicted octanol–water partition coefficient (Wildman–Crippen LogP) is 4.74. The van der Waals surface area contributed by atoms with E-state index in [1.807, 2.05) is 95.9 Å². The van der Waals surface area contributed by atoms with Crippen molar-refractivity contribution in [2.75, 3.05) is 24.7 Å². The van der Waals surface area contributed by atoms with Gasteiger partial charge >= 0.3 is 17.9 Å². The van der Waals surface area contributed by atoms with Gasteiger partial charge in [-0.15, -0.1) is 0 Å². The number of para-hydroxylation sites is 1. The first-order valence-corrected chi connectivity index (χ1v) is 13.0. The minimum atomic E-state index is -1.30. The standard InChI is InChI=1S/C31H33NO6/c1-4-36-28(33)25-26(29(34)37-5-2)31(22-16-10-7-11-17-22,23-18-12-8-13-19-23)32(24-20-14-9-15-21-24)27(25)30(35)38-6-3/h7-21,25-27H,4-6H2,1-3H3/t25-,26-,27+/m0/s1. The molecule has 0 unspecified atom stereocenters. The van der Waals surface area contributed by atoms with Crippen LogP contribution >= 0.6 is 0 Å². The molecule has 0 bridgehead atoms. The fourth-order valence-electron chi connectivity index (χ4n) is 5.65. The SMILES string of the molecule is CCOC(=O)[C@H]1[C@@H](C(=O)OCC)C(c2ccccc2)(c2ccccc2)N(c2ccccc2)[C@H]1C(=O)OCC. The van der Waals surface area contributed by atoms with Crippen molar-refractivity contribution in [2.45, 2.75) is 32.4 Å². The van der Waals surface area contributed by atoms with E-state index in [0.717, 1.165) is 11.1 Å². The highest BCUT2D eigenvalue weighted by Crippen LogP contribution is 2.56. The normalized spacial score (nSPS) is 20.0. The summed E-state index contributed by atoms with van der Waals surface area (Å²) in [4.78, 5) is 43.4. The number of carbonyl (C=O) groups excluding carboxylic acids is 3. The fourth-order valence-corrected chi connectivity index (χ4v) is 5.65. The summed E-state index contributed by atoms with van der Waals surface area (Å²) in [5.41, 5.74) is 0.813. The number of hydrogen-bond acceptors (Lipinski definition) is 7. The Kier molecular flexibility index (Phi) is 8.46. The van der Waals surface area contributed by atoms with Gasteiger partial charge < -0.3 is 19.1 Å². The number of benzene rings is 3. The van der Waals surface area contributed by atoms with Gasteiger partial charge in [0, 0.05) is 5.69 Å². The van der Waals surface area contributed by atoms with Gasteiger partial charge in [-0.05, 0) is 44.0 Å². The van der Waals surface area contributed by atoms with Crippen LogP contribution in [0.4, 0.5) is 5.69 Å². The average Bonchev–Trinajstić information content (AvgIpc) is 3.28. The summed E-state index contributed by atoms with van der Waals surface area (Å²) >= 11 is 0. The van der Waals surface area contributed by atoms with Gasteiger partial charge in [0.2, 0.25) is 0 Å². The van der Waals surface area contributed by atoms with Crippen LogP contribution in [0.15, 0.2) is 91.0 Å². The first-order chi connectivity index (χ1) is 18.5. The van der Waals surface area contributed by atoms with E-state index in [4.69, 9.17) is 14.2 Å². The van der Waals surface area contributed by atoms with Crippen LogP contribution in [-0.2, 0) is 34.1 Å². The van der Waals surface area contributed by atoms with Crippen LogP contribution in [0.1, 0.15) is 31.9 Å². The summed E-state index contributed by atoms with van der Waals surface area (Å²) in [6, 6.07) is 27.1. The van der Waals surface area contributed by atoms with E-state index < -0.39 is 41.3 Å². The molecule has 3 aromatic rings. The molecule has 1 fully saturated rings. The molecule has 0 aromatic heterocycles. The van der Waals surface area contributed by atoms with E-state index in [1.165, 1.54) is 0 Å². The summed E-state index contributed by atoms with van der Waals surface area (Å²) in [7, 11) is 0. The van der Waals surface area contributed by atoms with Crippen LogP contribution in [0.25, 0.3) is 0 Å². The van der Waals surface area contributed by atoms with Crippen molar-refractivity contribution in [1.29, 1.82) is 0 Å². The molecule has 0 N–H and O–H groups in total. The topological polar surface area (TPSA) is 82.1 Å². The zero-order valence-electron chi connectivity index (χ0n) is 21.9. The van der Waals surface area contributed by atoms with Crippen LogP contribution in [0.2, 0.25) is 0 Å². The van der Waals surface area contributed by atoms with E-state index in [0.29, 0.717) is 5.69 Å². The van der Waals surface area contributed by atoms with E-state index in [2.05, 4.69) is 0 Å². The van der Waals surface area contributed by atoms with E-state index in [-0.39, 0.29) is 19.8 Å². The molecule has 38 heavy (non-hydrogen) atoms. The number of esters is 3. The summed E-state index contributed by atoms with van der Waals surface area (Å²) in [5, 5.41) is 0. The Morgan fingerprint density at radius 3 is 1.53 bits per heavy atom. The molecule has 4 rings (SSSR count). The quantitative estimate of drug-likeness (QED) is 0.301. The molecule has 3 aromatic carbocycles. The minimum Gasteiger partial charge on any atom is -0.466 e. The summed E-state index contributed by atoms with van der Waals surface area (Å²) in [5.74, 6) is -4.18. The number of rotatable bonds is 9. The molecule has 0 radical (unpaired) electrons. The van der Waals surface area contributed by atoms with Gasteiger partial charge in [-0.25, -0.2) is 4.79 Å². The first-order valence-electron chi connectivity index (χ1n) is 13.0. The molecular formula is C31H33NO6. The highest BCUT2D eigenvalue weighted by molar-refractivity contribution is 5.96. The van der Waals surface area contributed by atoms with Crippen molar-refractivity contribution in [2.24, 2.45) is 11.8 Å². The van der Waals surface area contributed by atoms with E-state index in [9.17, 15) is 14.4 Å². The first kappa shape index (κ1) is 26.9. The van der Waals surface area contributed by atoms with Crippen LogP contribution < -0.4 is 4.90 Å². The van der Waals surface area contributed by atoms with Crippen LogP contribution in [0, 0.1) is 11.8 Å². The molecule has 7 heteroatoms. The second-order valence-electron chi connectivity index (χ2n) is 8.91. The number of hydrogen-bond donors (Lipinski definition) is 0. The summed E-state index contributed by atoms with van der Waals surface area (Å²) in [6.45, 7) is 5.44. The Labute approximate surface area is 223 Å². The Hall–Kier alpha value is -4.13. The second kappa shape index (κ2) is 11.9. The third-order valence-electron chi connectivity index (χ3n) is 6.90. The van der Waals surface area contributed by atoms with E-state index >= 15 is 0 Å². The monoisotopic (exact) mass is 515 g/mol. The van der Waals surface area contributed by atoms with Gasteiger partial charge in [0.05, 0.1) is 19.8 Å². The summed E-state index contributed by atoms with van der Waals surface area (Å²) in [6.07, 6.45) is 0. The number of nitrogens with zero attached hydrogens (tertiary/aromatic N) is 1. The Morgan fingerprint density at radius 1 is 0.632 bits per heavy atom. The molecule has 7 nitrogen and oxygen atoms in total. The average molecular weight is 516 g/mol. The zero-order valence-corrected chi connectivity index (χ0v) is 21.9. The molecule has 198 valence electrons. The maximum atomic E-state index is 14.0. The highest BCUT2D eigenvalue weighted by atomic mass is 16.5. The number of anilines is 1. The lowest BCUT2D eigenvalue weighted by Crippen LogP contribution is -2.52. The van der Waals surface area contributed by atoms with Crippen molar-refractivity contribution in [1.82, 2.24) is 0 Å². The number of ether oxygens (including phenoxy) is 3. The molecular weight excluding hydrogens is 482 g/mol. The maximum absolute atomic E-state index is 14.0. The Morgan fingerprint density at radius 2 is 1.05 bits per heavy atom. The molecule has 0 aliphatic carbocycles. The van der Waals surface area contributed by atoms with Gasteiger partial charge in [-0.2, -0.15) is 0 Å². The zero-order chi connectivity index (χ0) is 27.1. The fraction of sp³-hybridized carbons (Fsp3) is 0.323. The molecule has 0 saturated carbocycles. The van der Waals surface area contributed by atoms with Crippen molar-refractivity contribution >= 4 is 23.6 Å². The molecule has 0 spiro atoms. The van der Waals surface area contributed by atoms with Gasteiger partial charge in [0.15, 0.2) is 0 Å². The van der Waals surface area contributed by atoms with Crippen molar-refractivity contribution in [3.05, 3.63) is 102 Å². The summed E-state index contributed by atoms with van der Waals surface area (Å²) < 4.78 is 16.7. The van der Waals surface area contributed by atoms with Crippen molar-refractivity contribution in [3.63, 3.8) is 0 Å². The third kappa shape index (κ3) is 4.64. The number of carbonyl (C=O) groups is 3. The Bertz CT molecular complexity index is 1190. The largest absolute Gasteiger partial charge is 0.466 e. The smallest absolute Gasteiger partial charge is 0.329 e. The molecule has 0 amide bonds. The van der Waals surface area contributed by atoms with Gasteiger partial charge in [-0.1, -0.05) is 78.9 Å². The van der Waals surface area contributed by atoms with Crippen molar-refractivity contribution < 1.29 is 28.6 Å². The minimum absolute atomic E-state index is 0.0927. The van der Waals surface area contributed by atoms with Gasteiger partial charge in [-0.3, -0.25) is 9.59 Å². The molecule has 1 aliphatic heterocycles. The second-order valence-corrected chi connectivity index (χ2v) is 8.91. The lowest BCUT2D eigenvalue weighted by Gasteiger charge is -2.45. The molecule has 1 aliphatic rings. The van der Waals surface area contributed by atoms with E-state index in [1.54, 1.807) is 20.8 Å². The molecule has 1 heterocycles. The lowest BCUT2D eigenvalue weighted by molar-refractivity contribution is -0.163. The van der Waals surface area contributed by atoms with Crippen molar-refractivity contribution in [3.8, 4) is 0 Å². The van der Waals surface area contributed by atoms with Gasteiger partial charge in [0.25, 0.3) is 0 Å². The predicted molar refractivity (Wildman–Crippen MR) is 143 cm³/mol.